The van der Waals surface area contributed by atoms with Gasteiger partial charge < -0.3 is 9.15 Å². The van der Waals surface area contributed by atoms with Crippen molar-refractivity contribution in [2.45, 2.75) is 6.61 Å². The summed E-state index contributed by atoms with van der Waals surface area (Å²) in [6.07, 6.45) is 3.09. The van der Waals surface area contributed by atoms with Gasteiger partial charge in [0.2, 0.25) is 0 Å². The van der Waals surface area contributed by atoms with E-state index in [-0.39, 0.29) is 5.78 Å². The summed E-state index contributed by atoms with van der Waals surface area (Å²) in [4.78, 5) is 12.1. The van der Waals surface area contributed by atoms with Gasteiger partial charge in [0, 0.05) is 15.6 Å². The molecular weight excluding hydrogens is 359 g/mol. The number of carbonyl (C=O) groups excluding carboxylic acids is 1. The lowest BCUT2D eigenvalue weighted by Crippen LogP contribution is -1.93. The number of ketones is 1. The van der Waals surface area contributed by atoms with Crippen LogP contribution < -0.4 is 4.74 Å². The van der Waals surface area contributed by atoms with Crippen LogP contribution in [0.1, 0.15) is 21.9 Å². The Bertz CT molecular complexity index is 878. The zero-order valence-corrected chi connectivity index (χ0v) is 14.6. The molecule has 5 heteroatoms. The molecule has 0 saturated heterocycles. The number of benzene rings is 2. The third kappa shape index (κ3) is 4.99. The molecule has 0 atom stereocenters. The first-order valence-corrected chi connectivity index (χ1v) is 8.31. The predicted molar refractivity (Wildman–Crippen MR) is 99.3 cm³/mol. The minimum absolute atomic E-state index is 0.118. The Morgan fingerprint density at radius 1 is 0.920 bits per heavy atom. The molecule has 0 fully saturated rings. The Hall–Kier alpha value is -2.49. The summed E-state index contributed by atoms with van der Waals surface area (Å²) in [6, 6.07) is 17.4. The van der Waals surface area contributed by atoms with Crippen molar-refractivity contribution in [3.8, 4) is 5.75 Å². The molecular formula is C20H14Cl2O3. The second-order valence-electron chi connectivity index (χ2n) is 5.25. The minimum atomic E-state index is -0.118. The molecule has 0 amide bonds. The molecule has 3 aromatic rings. The molecule has 2 aromatic carbocycles. The summed E-state index contributed by atoms with van der Waals surface area (Å²) >= 11 is 11.6. The van der Waals surface area contributed by atoms with Crippen LogP contribution >= 0.6 is 23.2 Å². The molecule has 0 aliphatic carbocycles. The van der Waals surface area contributed by atoms with Gasteiger partial charge in [-0.25, -0.2) is 0 Å². The van der Waals surface area contributed by atoms with Gasteiger partial charge >= 0.3 is 0 Å². The molecule has 0 unspecified atom stereocenters. The van der Waals surface area contributed by atoms with Crippen molar-refractivity contribution >= 4 is 35.1 Å². The Labute approximate surface area is 155 Å². The fraction of sp³-hybridized carbons (Fsp3) is 0.0500. The number of ether oxygens (including phenoxy) is 1. The van der Waals surface area contributed by atoms with Gasteiger partial charge in [0.25, 0.3) is 0 Å². The molecule has 3 nitrogen and oxygen atoms in total. The molecule has 1 heterocycles. The smallest absolute Gasteiger partial charge is 0.185 e. The van der Waals surface area contributed by atoms with Gasteiger partial charge in [0.15, 0.2) is 5.78 Å². The normalized spacial score (nSPS) is 11.0. The first kappa shape index (κ1) is 17.3. The summed E-state index contributed by atoms with van der Waals surface area (Å²) in [7, 11) is 0. The number of carbonyl (C=O) groups is 1. The van der Waals surface area contributed by atoms with Crippen LogP contribution in [0, 0.1) is 0 Å². The van der Waals surface area contributed by atoms with E-state index in [4.69, 9.17) is 32.4 Å². The highest BCUT2D eigenvalue weighted by atomic mass is 35.5. The highest BCUT2D eigenvalue weighted by Crippen LogP contribution is 2.18. The third-order valence-corrected chi connectivity index (χ3v) is 3.91. The van der Waals surface area contributed by atoms with Crippen LogP contribution in [0.5, 0.6) is 5.75 Å². The lowest BCUT2D eigenvalue weighted by Gasteiger charge is -2.03. The zero-order valence-electron chi connectivity index (χ0n) is 13.1. The van der Waals surface area contributed by atoms with E-state index in [2.05, 4.69) is 0 Å². The number of hydrogen-bond acceptors (Lipinski definition) is 3. The maximum Gasteiger partial charge on any atom is 0.185 e. The van der Waals surface area contributed by atoms with Crippen LogP contribution in [0.25, 0.3) is 6.08 Å². The van der Waals surface area contributed by atoms with Crippen molar-refractivity contribution in [1.29, 1.82) is 0 Å². The third-order valence-electron chi connectivity index (χ3n) is 3.40. The molecule has 0 N–H and O–H groups in total. The molecule has 0 bridgehead atoms. The first-order chi connectivity index (χ1) is 12.1. The van der Waals surface area contributed by atoms with E-state index in [0.29, 0.717) is 39.5 Å². The van der Waals surface area contributed by atoms with Gasteiger partial charge in [0.05, 0.1) is 0 Å². The molecule has 25 heavy (non-hydrogen) atoms. The van der Waals surface area contributed by atoms with Crippen LogP contribution in [0.15, 0.2) is 71.2 Å². The quantitative estimate of drug-likeness (QED) is 0.389. The zero-order chi connectivity index (χ0) is 17.6. The van der Waals surface area contributed by atoms with Gasteiger partial charge in [-0.05, 0) is 72.8 Å². The largest absolute Gasteiger partial charge is 0.486 e. The minimum Gasteiger partial charge on any atom is -0.486 e. The SMILES string of the molecule is O=C(/C=C/c1ccc(COc2ccc(Cl)cc2)o1)c1ccc(Cl)cc1. The summed E-state index contributed by atoms with van der Waals surface area (Å²) in [6.45, 7) is 0.292. The predicted octanol–water partition coefficient (Wildman–Crippen LogP) is 6.06. The first-order valence-electron chi connectivity index (χ1n) is 7.55. The molecule has 0 aliphatic rings. The van der Waals surface area contributed by atoms with E-state index in [1.807, 2.05) is 6.07 Å². The van der Waals surface area contributed by atoms with Crippen molar-refractivity contribution in [2.24, 2.45) is 0 Å². The standard InChI is InChI=1S/C20H14Cl2O3/c21-15-3-1-14(2-4-15)20(23)12-11-18-9-10-19(25-18)13-24-17-7-5-16(22)6-8-17/h1-12H,13H2/b12-11+. The van der Waals surface area contributed by atoms with Gasteiger partial charge in [-0.1, -0.05) is 23.2 Å². The molecule has 3 rings (SSSR count). The molecule has 126 valence electrons. The number of halogens is 2. The van der Waals surface area contributed by atoms with Crippen molar-refractivity contribution in [2.75, 3.05) is 0 Å². The second kappa shape index (κ2) is 8.06. The van der Waals surface area contributed by atoms with E-state index in [1.165, 1.54) is 6.08 Å². The average molecular weight is 373 g/mol. The van der Waals surface area contributed by atoms with E-state index >= 15 is 0 Å². The topological polar surface area (TPSA) is 39.4 Å². The average Bonchev–Trinajstić information content (AvgIpc) is 3.08. The second-order valence-corrected chi connectivity index (χ2v) is 6.12. The number of hydrogen-bond donors (Lipinski definition) is 0. The van der Waals surface area contributed by atoms with Crippen molar-refractivity contribution in [3.05, 3.63) is 93.9 Å². The molecule has 0 spiro atoms. The maximum absolute atomic E-state index is 12.1. The van der Waals surface area contributed by atoms with Gasteiger partial charge in [-0.3, -0.25) is 4.79 Å². The maximum atomic E-state index is 12.1. The van der Waals surface area contributed by atoms with Crippen molar-refractivity contribution < 1.29 is 13.9 Å². The molecule has 0 radical (unpaired) electrons. The summed E-state index contributed by atoms with van der Waals surface area (Å²) < 4.78 is 11.2. The van der Waals surface area contributed by atoms with Crippen LogP contribution in [0.2, 0.25) is 10.0 Å². The van der Waals surface area contributed by atoms with E-state index < -0.39 is 0 Å². The molecule has 0 aliphatic heterocycles. The number of furan rings is 1. The lowest BCUT2D eigenvalue weighted by atomic mass is 10.1. The van der Waals surface area contributed by atoms with Crippen LogP contribution in [0.3, 0.4) is 0 Å². The Kier molecular flexibility index (Phi) is 5.59. The van der Waals surface area contributed by atoms with Gasteiger partial charge in [-0.2, -0.15) is 0 Å². The highest BCUT2D eigenvalue weighted by Gasteiger charge is 2.04. The summed E-state index contributed by atoms with van der Waals surface area (Å²) in [5.41, 5.74) is 0.568. The van der Waals surface area contributed by atoms with Crippen LogP contribution in [-0.4, -0.2) is 5.78 Å². The number of rotatable bonds is 6. The molecule has 1 aromatic heterocycles. The van der Waals surface area contributed by atoms with Crippen molar-refractivity contribution in [1.82, 2.24) is 0 Å². The van der Waals surface area contributed by atoms with E-state index in [9.17, 15) is 4.79 Å². The monoisotopic (exact) mass is 372 g/mol. The Balaban J connectivity index is 1.58. The Morgan fingerprint density at radius 3 is 2.24 bits per heavy atom. The fourth-order valence-corrected chi connectivity index (χ4v) is 2.37. The lowest BCUT2D eigenvalue weighted by molar-refractivity contribution is 0.104. The van der Waals surface area contributed by atoms with E-state index in [1.54, 1.807) is 60.7 Å². The molecule has 0 saturated carbocycles. The fourth-order valence-electron chi connectivity index (χ4n) is 2.12. The Morgan fingerprint density at radius 2 is 1.56 bits per heavy atom. The number of allylic oxidation sites excluding steroid dienone is 1. The van der Waals surface area contributed by atoms with Crippen LogP contribution in [0.4, 0.5) is 0 Å². The van der Waals surface area contributed by atoms with Gasteiger partial charge in [0.1, 0.15) is 23.9 Å². The van der Waals surface area contributed by atoms with Crippen LogP contribution in [-0.2, 0) is 6.61 Å². The highest BCUT2D eigenvalue weighted by molar-refractivity contribution is 6.31. The van der Waals surface area contributed by atoms with Crippen molar-refractivity contribution in [3.63, 3.8) is 0 Å². The summed E-state index contributed by atoms with van der Waals surface area (Å²) in [5.74, 6) is 1.83. The van der Waals surface area contributed by atoms with Gasteiger partial charge in [-0.15, -0.1) is 0 Å². The van der Waals surface area contributed by atoms with E-state index in [0.717, 1.165) is 0 Å². The summed E-state index contributed by atoms with van der Waals surface area (Å²) in [5, 5.41) is 1.25.